The first-order valence-corrected chi connectivity index (χ1v) is 5.56. The molecule has 96 valence electrons. The third-order valence-electron chi connectivity index (χ3n) is 2.85. The van der Waals surface area contributed by atoms with Gasteiger partial charge in [0.15, 0.2) is 6.29 Å². The van der Waals surface area contributed by atoms with Gasteiger partial charge in [0.25, 0.3) is 0 Å². The van der Waals surface area contributed by atoms with Crippen LogP contribution in [0.15, 0.2) is 0 Å². The van der Waals surface area contributed by atoms with Crippen molar-refractivity contribution in [3.05, 3.63) is 0 Å². The fourth-order valence-corrected chi connectivity index (χ4v) is 1.63. The van der Waals surface area contributed by atoms with Gasteiger partial charge in [-0.25, -0.2) is 0 Å². The van der Waals surface area contributed by atoms with Crippen LogP contribution in [0.4, 0.5) is 0 Å². The van der Waals surface area contributed by atoms with Crippen LogP contribution in [0.5, 0.6) is 0 Å². The predicted octanol–water partition coefficient (Wildman–Crippen LogP) is -1.43. The van der Waals surface area contributed by atoms with Crippen molar-refractivity contribution in [1.82, 2.24) is 0 Å². The van der Waals surface area contributed by atoms with Gasteiger partial charge in [-0.2, -0.15) is 0 Å². The minimum atomic E-state index is -1.26. The number of aliphatic hydroxyl groups excluding tert-OH is 3. The van der Waals surface area contributed by atoms with Crippen LogP contribution in [0.25, 0.3) is 0 Å². The van der Waals surface area contributed by atoms with Crippen LogP contribution >= 0.6 is 0 Å². The largest absolute Gasteiger partial charge is 0.388 e. The standard InChI is InChI=1S/C10H21NO5/c1-3-6(4-11)16-10-9(14)8(13)7(12)5(2)15-10/h5-10,12-14H,3-4,11H2,1-2H3/t5?,6?,7-,8-,9?,10+/m0/s1. The van der Waals surface area contributed by atoms with E-state index in [1.807, 2.05) is 6.92 Å². The maximum atomic E-state index is 9.66. The highest BCUT2D eigenvalue weighted by Crippen LogP contribution is 2.22. The van der Waals surface area contributed by atoms with E-state index in [2.05, 4.69) is 0 Å². The van der Waals surface area contributed by atoms with Crippen LogP contribution < -0.4 is 5.73 Å². The van der Waals surface area contributed by atoms with Crippen molar-refractivity contribution in [3.8, 4) is 0 Å². The number of ether oxygens (including phenoxy) is 2. The number of hydrogen-bond acceptors (Lipinski definition) is 6. The second-order valence-electron chi connectivity index (χ2n) is 4.08. The molecule has 0 bridgehead atoms. The second-order valence-corrected chi connectivity index (χ2v) is 4.08. The van der Waals surface area contributed by atoms with E-state index < -0.39 is 30.7 Å². The number of nitrogens with two attached hydrogens (primary N) is 1. The molecule has 6 heteroatoms. The van der Waals surface area contributed by atoms with Crippen LogP contribution in [-0.4, -0.2) is 58.7 Å². The van der Waals surface area contributed by atoms with Crippen LogP contribution in [0.2, 0.25) is 0 Å². The van der Waals surface area contributed by atoms with Gasteiger partial charge in [0.1, 0.15) is 18.3 Å². The first-order chi connectivity index (χ1) is 7.51. The van der Waals surface area contributed by atoms with Crippen LogP contribution in [0.3, 0.4) is 0 Å². The average Bonchev–Trinajstić information content (AvgIpc) is 2.29. The SMILES string of the molecule is CCC(CN)O[C@H]1OC(C)[C@H](O)[C@H](O)C1O. The molecule has 0 spiro atoms. The third kappa shape index (κ3) is 2.91. The van der Waals surface area contributed by atoms with E-state index in [0.29, 0.717) is 13.0 Å². The van der Waals surface area contributed by atoms with E-state index >= 15 is 0 Å². The molecule has 0 amide bonds. The maximum Gasteiger partial charge on any atom is 0.186 e. The fraction of sp³-hybridized carbons (Fsp3) is 1.00. The molecule has 5 N–H and O–H groups in total. The highest BCUT2D eigenvalue weighted by atomic mass is 16.7. The Kier molecular flexibility index (Phi) is 5.10. The summed E-state index contributed by atoms with van der Waals surface area (Å²) in [5, 5.41) is 28.7. The summed E-state index contributed by atoms with van der Waals surface area (Å²) in [5.74, 6) is 0. The van der Waals surface area contributed by atoms with Gasteiger partial charge in [0, 0.05) is 6.54 Å². The van der Waals surface area contributed by atoms with E-state index in [0.717, 1.165) is 0 Å². The highest BCUT2D eigenvalue weighted by Gasteiger charge is 2.42. The van der Waals surface area contributed by atoms with Gasteiger partial charge < -0.3 is 30.5 Å². The van der Waals surface area contributed by atoms with Gasteiger partial charge in [0.2, 0.25) is 0 Å². The van der Waals surface area contributed by atoms with Crippen molar-refractivity contribution in [2.75, 3.05) is 6.54 Å². The Hall–Kier alpha value is -0.240. The molecule has 6 atom stereocenters. The van der Waals surface area contributed by atoms with Crippen LogP contribution in [0.1, 0.15) is 20.3 Å². The van der Waals surface area contributed by atoms with Crippen molar-refractivity contribution in [2.45, 2.75) is 57.1 Å². The molecule has 1 saturated heterocycles. The first-order valence-electron chi connectivity index (χ1n) is 5.56. The van der Waals surface area contributed by atoms with E-state index in [-0.39, 0.29) is 6.10 Å². The molecule has 1 heterocycles. The monoisotopic (exact) mass is 235 g/mol. The van der Waals surface area contributed by atoms with Crippen molar-refractivity contribution in [1.29, 1.82) is 0 Å². The van der Waals surface area contributed by atoms with Crippen molar-refractivity contribution < 1.29 is 24.8 Å². The minimum Gasteiger partial charge on any atom is -0.388 e. The Morgan fingerprint density at radius 2 is 1.88 bits per heavy atom. The summed E-state index contributed by atoms with van der Waals surface area (Å²) in [7, 11) is 0. The lowest BCUT2D eigenvalue weighted by molar-refractivity contribution is -0.303. The molecule has 1 fully saturated rings. The number of aliphatic hydroxyl groups is 3. The zero-order valence-electron chi connectivity index (χ0n) is 9.61. The Balaban J connectivity index is 2.59. The lowest BCUT2D eigenvalue weighted by atomic mass is 10.00. The van der Waals surface area contributed by atoms with Crippen molar-refractivity contribution in [2.24, 2.45) is 5.73 Å². The third-order valence-corrected chi connectivity index (χ3v) is 2.85. The van der Waals surface area contributed by atoms with Gasteiger partial charge in [-0.1, -0.05) is 6.92 Å². The van der Waals surface area contributed by atoms with E-state index in [1.165, 1.54) is 0 Å². The van der Waals surface area contributed by atoms with E-state index in [1.54, 1.807) is 6.92 Å². The van der Waals surface area contributed by atoms with E-state index in [4.69, 9.17) is 15.2 Å². The Morgan fingerprint density at radius 1 is 1.25 bits per heavy atom. The molecular formula is C10H21NO5. The second kappa shape index (κ2) is 5.90. The topological polar surface area (TPSA) is 105 Å². The number of rotatable bonds is 4. The van der Waals surface area contributed by atoms with Gasteiger partial charge in [-0.05, 0) is 13.3 Å². The Labute approximate surface area is 95.0 Å². The maximum absolute atomic E-state index is 9.66. The van der Waals surface area contributed by atoms with Crippen LogP contribution in [-0.2, 0) is 9.47 Å². The summed E-state index contributed by atoms with van der Waals surface area (Å²) in [6.07, 6.45) is -4.69. The summed E-state index contributed by atoms with van der Waals surface area (Å²) in [6, 6.07) is 0. The average molecular weight is 235 g/mol. The quantitative estimate of drug-likeness (QED) is 0.476. The van der Waals surface area contributed by atoms with Gasteiger partial charge >= 0.3 is 0 Å². The lowest BCUT2D eigenvalue weighted by Gasteiger charge is -2.40. The lowest BCUT2D eigenvalue weighted by Crippen LogP contribution is -2.58. The molecule has 6 nitrogen and oxygen atoms in total. The normalized spacial score (nSPS) is 42.0. The van der Waals surface area contributed by atoms with Gasteiger partial charge in [-0.15, -0.1) is 0 Å². The van der Waals surface area contributed by atoms with Gasteiger partial charge in [-0.3, -0.25) is 0 Å². The molecule has 1 aliphatic heterocycles. The Bertz CT molecular complexity index is 211. The predicted molar refractivity (Wildman–Crippen MR) is 56.6 cm³/mol. The highest BCUT2D eigenvalue weighted by molar-refractivity contribution is 4.87. The Morgan fingerprint density at radius 3 is 2.38 bits per heavy atom. The smallest absolute Gasteiger partial charge is 0.186 e. The molecule has 1 aliphatic rings. The van der Waals surface area contributed by atoms with E-state index in [9.17, 15) is 15.3 Å². The molecule has 3 unspecified atom stereocenters. The first kappa shape index (κ1) is 13.8. The molecule has 16 heavy (non-hydrogen) atoms. The summed E-state index contributed by atoms with van der Waals surface area (Å²) in [5.41, 5.74) is 5.47. The zero-order chi connectivity index (χ0) is 12.3. The van der Waals surface area contributed by atoms with Gasteiger partial charge in [0.05, 0.1) is 12.2 Å². The number of hydrogen-bond donors (Lipinski definition) is 4. The molecule has 0 aliphatic carbocycles. The molecule has 0 saturated carbocycles. The van der Waals surface area contributed by atoms with Crippen molar-refractivity contribution in [3.63, 3.8) is 0 Å². The molecule has 1 rings (SSSR count). The summed E-state index contributed by atoms with van der Waals surface area (Å²) < 4.78 is 10.7. The molecule has 0 aromatic carbocycles. The minimum absolute atomic E-state index is 0.228. The summed E-state index contributed by atoms with van der Waals surface area (Å²) in [6.45, 7) is 3.83. The van der Waals surface area contributed by atoms with Crippen LogP contribution in [0, 0.1) is 0 Å². The fourth-order valence-electron chi connectivity index (χ4n) is 1.63. The van der Waals surface area contributed by atoms with Crippen molar-refractivity contribution >= 4 is 0 Å². The summed E-state index contributed by atoms with van der Waals surface area (Å²) >= 11 is 0. The molecule has 0 aromatic rings. The molecule has 0 aromatic heterocycles. The summed E-state index contributed by atoms with van der Waals surface area (Å²) in [4.78, 5) is 0. The zero-order valence-corrected chi connectivity index (χ0v) is 9.61. The molecule has 0 radical (unpaired) electrons. The molecular weight excluding hydrogens is 214 g/mol.